The van der Waals surface area contributed by atoms with Gasteiger partial charge in [0.25, 0.3) is 0 Å². The van der Waals surface area contributed by atoms with Crippen molar-refractivity contribution < 1.29 is 9.53 Å². The van der Waals surface area contributed by atoms with Crippen LogP contribution >= 0.6 is 11.8 Å². The van der Waals surface area contributed by atoms with Crippen LogP contribution in [0.2, 0.25) is 0 Å². The number of benzene rings is 1. The van der Waals surface area contributed by atoms with Gasteiger partial charge in [0.1, 0.15) is 0 Å². The van der Waals surface area contributed by atoms with Crippen molar-refractivity contribution in [2.24, 2.45) is 0 Å². The van der Waals surface area contributed by atoms with E-state index in [0.717, 1.165) is 10.8 Å². The molecule has 0 atom stereocenters. The molecule has 100 valence electrons. The van der Waals surface area contributed by atoms with Crippen molar-refractivity contribution in [3.05, 3.63) is 41.7 Å². The molecule has 0 unspecified atom stereocenters. The minimum atomic E-state index is -0.250. The van der Waals surface area contributed by atoms with E-state index in [2.05, 4.69) is 29.6 Å². The third-order valence-corrected chi connectivity index (χ3v) is 3.93. The molecular weight excluding hydrogens is 260 g/mol. The normalized spacial score (nSPS) is 10.5. The third kappa shape index (κ3) is 2.98. The molecule has 0 aliphatic rings. The maximum atomic E-state index is 11.2. The van der Waals surface area contributed by atoms with Gasteiger partial charge >= 0.3 is 5.97 Å². The van der Waals surface area contributed by atoms with E-state index in [1.807, 2.05) is 22.9 Å². The quantitative estimate of drug-likeness (QED) is 0.636. The monoisotopic (exact) mass is 276 g/mol. The number of hydrogen-bond acceptors (Lipinski definition) is 4. The van der Waals surface area contributed by atoms with Gasteiger partial charge in [-0.25, -0.2) is 4.98 Å². The highest BCUT2D eigenvalue weighted by Crippen LogP contribution is 2.24. The van der Waals surface area contributed by atoms with E-state index in [1.54, 1.807) is 6.20 Å². The number of aromatic nitrogens is 2. The van der Waals surface area contributed by atoms with Crippen molar-refractivity contribution in [1.82, 2.24) is 9.55 Å². The third-order valence-electron chi connectivity index (χ3n) is 2.99. The van der Waals surface area contributed by atoms with Crippen LogP contribution in [0.4, 0.5) is 0 Å². The minimum absolute atomic E-state index is 0.250. The molecule has 1 heterocycles. The van der Waals surface area contributed by atoms with Gasteiger partial charge in [-0.15, -0.1) is 0 Å². The van der Waals surface area contributed by atoms with Crippen LogP contribution in [0.25, 0.3) is 5.69 Å². The molecule has 0 saturated carbocycles. The van der Waals surface area contributed by atoms with Crippen LogP contribution in [-0.2, 0) is 9.53 Å². The summed E-state index contributed by atoms with van der Waals surface area (Å²) in [7, 11) is 1.39. The molecule has 2 aromatic rings. The minimum Gasteiger partial charge on any atom is -0.468 e. The fourth-order valence-electron chi connectivity index (χ4n) is 1.76. The molecule has 0 fully saturated rings. The number of methoxy groups -OCH3 is 1. The van der Waals surface area contributed by atoms with E-state index in [1.165, 1.54) is 30.0 Å². The molecule has 5 heteroatoms. The summed E-state index contributed by atoms with van der Waals surface area (Å²) in [6.07, 6.45) is 3.64. The first-order valence-corrected chi connectivity index (χ1v) is 6.91. The first kappa shape index (κ1) is 13.7. The lowest BCUT2D eigenvalue weighted by molar-refractivity contribution is -0.137. The Morgan fingerprint density at radius 1 is 1.42 bits per heavy atom. The summed E-state index contributed by atoms with van der Waals surface area (Å²) in [5.41, 5.74) is 3.53. The molecule has 19 heavy (non-hydrogen) atoms. The van der Waals surface area contributed by atoms with E-state index in [-0.39, 0.29) is 11.7 Å². The Labute approximate surface area is 116 Å². The molecule has 2 rings (SSSR count). The standard InChI is InChI=1S/C14H16N2O2S/c1-10-5-4-6-12(11(10)2)16-8-7-15-14(16)19-9-13(17)18-3/h4-8H,9H2,1-3H3. The number of nitrogens with zero attached hydrogens (tertiary/aromatic N) is 2. The van der Waals surface area contributed by atoms with E-state index >= 15 is 0 Å². The van der Waals surface area contributed by atoms with Gasteiger partial charge in [-0.05, 0) is 31.0 Å². The van der Waals surface area contributed by atoms with Gasteiger partial charge in [0, 0.05) is 12.4 Å². The van der Waals surface area contributed by atoms with E-state index in [9.17, 15) is 4.79 Å². The van der Waals surface area contributed by atoms with Gasteiger partial charge in [0.2, 0.25) is 0 Å². The fraction of sp³-hybridized carbons (Fsp3) is 0.286. The smallest absolute Gasteiger partial charge is 0.316 e. The number of imidazole rings is 1. The molecule has 0 amide bonds. The van der Waals surface area contributed by atoms with Gasteiger partial charge in [0.05, 0.1) is 18.6 Å². The van der Waals surface area contributed by atoms with Crippen LogP contribution < -0.4 is 0 Å². The highest BCUT2D eigenvalue weighted by atomic mass is 32.2. The number of carbonyl (C=O) groups excluding carboxylic acids is 1. The average Bonchev–Trinajstić information content (AvgIpc) is 2.87. The lowest BCUT2D eigenvalue weighted by Gasteiger charge is -2.11. The van der Waals surface area contributed by atoms with Crippen LogP contribution in [0.3, 0.4) is 0 Å². The number of rotatable bonds is 4. The lowest BCUT2D eigenvalue weighted by Crippen LogP contribution is -2.05. The number of aryl methyl sites for hydroxylation is 1. The van der Waals surface area contributed by atoms with Crippen molar-refractivity contribution in [2.45, 2.75) is 19.0 Å². The zero-order valence-electron chi connectivity index (χ0n) is 11.2. The zero-order valence-corrected chi connectivity index (χ0v) is 12.0. The highest BCUT2D eigenvalue weighted by molar-refractivity contribution is 7.99. The summed E-state index contributed by atoms with van der Waals surface area (Å²) in [5, 5.41) is 0.791. The topological polar surface area (TPSA) is 44.1 Å². The van der Waals surface area contributed by atoms with Crippen LogP contribution in [0.15, 0.2) is 35.7 Å². The van der Waals surface area contributed by atoms with Gasteiger partial charge < -0.3 is 4.74 Å². The fourth-order valence-corrected chi connectivity index (χ4v) is 2.56. The van der Waals surface area contributed by atoms with Gasteiger partial charge in [-0.3, -0.25) is 9.36 Å². The van der Waals surface area contributed by atoms with Crippen LogP contribution in [0.1, 0.15) is 11.1 Å². The zero-order chi connectivity index (χ0) is 13.8. The Morgan fingerprint density at radius 2 is 2.21 bits per heavy atom. The number of hydrogen-bond donors (Lipinski definition) is 0. The Hall–Kier alpha value is -1.75. The number of carbonyl (C=O) groups is 1. The maximum absolute atomic E-state index is 11.2. The van der Waals surface area contributed by atoms with Crippen LogP contribution in [0.5, 0.6) is 0 Å². The lowest BCUT2D eigenvalue weighted by atomic mass is 10.1. The Bertz CT molecular complexity index is 593. The second-order valence-electron chi connectivity index (χ2n) is 4.16. The maximum Gasteiger partial charge on any atom is 0.316 e. The second-order valence-corrected chi connectivity index (χ2v) is 5.11. The van der Waals surface area contributed by atoms with Crippen molar-refractivity contribution in [2.75, 3.05) is 12.9 Å². The first-order valence-electron chi connectivity index (χ1n) is 5.93. The molecule has 0 radical (unpaired) electrons. The van der Waals surface area contributed by atoms with E-state index in [4.69, 9.17) is 0 Å². The summed E-state index contributed by atoms with van der Waals surface area (Å²) >= 11 is 1.37. The molecule has 0 spiro atoms. The van der Waals surface area contributed by atoms with Crippen LogP contribution in [0, 0.1) is 13.8 Å². The van der Waals surface area contributed by atoms with Gasteiger partial charge in [0.15, 0.2) is 5.16 Å². The van der Waals surface area contributed by atoms with Crippen molar-refractivity contribution >= 4 is 17.7 Å². The highest BCUT2D eigenvalue weighted by Gasteiger charge is 2.11. The molecule has 1 aromatic heterocycles. The van der Waals surface area contributed by atoms with Crippen LogP contribution in [-0.4, -0.2) is 28.4 Å². The molecule has 0 bridgehead atoms. The Balaban J connectivity index is 2.29. The predicted octanol–water partition coefficient (Wildman–Crippen LogP) is 2.75. The molecule has 0 aliphatic carbocycles. The van der Waals surface area contributed by atoms with E-state index < -0.39 is 0 Å². The van der Waals surface area contributed by atoms with Gasteiger partial charge in [-0.1, -0.05) is 23.9 Å². The molecule has 1 aromatic carbocycles. The number of thioether (sulfide) groups is 1. The molecule has 0 N–H and O–H groups in total. The molecular formula is C14H16N2O2S. The van der Waals surface area contributed by atoms with E-state index in [0.29, 0.717) is 0 Å². The summed E-state index contributed by atoms with van der Waals surface area (Å²) in [6, 6.07) is 6.15. The summed E-state index contributed by atoms with van der Waals surface area (Å²) in [6.45, 7) is 4.16. The first-order chi connectivity index (χ1) is 9.13. The summed E-state index contributed by atoms with van der Waals surface area (Å²) < 4.78 is 6.64. The molecule has 0 saturated heterocycles. The van der Waals surface area contributed by atoms with Crippen molar-refractivity contribution in [3.63, 3.8) is 0 Å². The Kier molecular flexibility index (Phi) is 4.27. The SMILES string of the molecule is COC(=O)CSc1nccn1-c1cccc(C)c1C. The number of ether oxygens (including phenoxy) is 1. The second kappa shape index (κ2) is 5.93. The summed E-state index contributed by atoms with van der Waals surface area (Å²) in [4.78, 5) is 15.5. The molecule has 4 nitrogen and oxygen atoms in total. The Morgan fingerprint density at radius 3 is 2.95 bits per heavy atom. The largest absolute Gasteiger partial charge is 0.468 e. The van der Waals surface area contributed by atoms with Crippen molar-refractivity contribution in [1.29, 1.82) is 0 Å². The summed E-state index contributed by atoms with van der Waals surface area (Å²) in [5.74, 6) is 0.0128. The molecule has 0 aliphatic heterocycles. The number of esters is 1. The average molecular weight is 276 g/mol. The predicted molar refractivity (Wildman–Crippen MR) is 75.8 cm³/mol. The van der Waals surface area contributed by atoms with Crippen molar-refractivity contribution in [3.8, 4) is 5.69 Å². The van der Waals surface area contributed by atoms with Gasteiger partial charge in [-0.2, -0.15) is 0 Å².